The van der Waals surface area contributed by atoms with Crippen LogP contribution < -0.4 is 8.92 Å². The molecule has 0 unspecified atom stereocenters. The fourth-order valence-corrected chi connectivity index (χ4v) is 12.6. The molecule has 2 rings (SSSR count). The fourth-order valence-electron chi connectivity index (χ4n) is 4.81. The Labute approximate surface area is 231 Å². The summed E-state index contributed by atoms with van der Waals surface area (Å²) in [7, 11) is 0. The summed E-state index contributed by atoms with van der Waals surface area (Å²) in [5, 5.41) is 0. The number of benzene rings is 2. The van der Waals surface area contributed by atoms with E-state index >= 15 is 0 Å². The van der Waals surface area contributed by atoms with Gasteiger partial charge in [0.25, 0.3) is 0 Å². The molecule has 2 aromatic rings. The summed E-state index contributed by atoms with van der Waals surface area (Å²) in [6, 6.07) is 23.0. The van der Waals surface area contributed by atoms with Gasteiger partial charge in [0.15, 0.2) is 0 Å². The van der Waals surface area contributed by atoms with Crippen LogP contribution >= 0.6 is 0 Å². The summed E-state index contributed by atoms with van der Waals surface area (Å²) in [6.07, 6.45) is 25.6. The van der Waals surface area contributed by atoms with Crippen molar-refractivity contribution in [3.8, 4) is 0 Å². The second-order valence-corrected chi connectivity index (χ2v) is 17.6. The molecule has 0 N–H and O–H groups in total. The zero-order valence-corrected chi connectivity index (χ0v) is 26.2. The minimum atomic E-state index is 0.521. The Balaban J connectivity index is 1.97. The van der Waals surface area contributed by atoms with Crippen molar-refractivity contribution < 1.29 is 0 Å². The molecule has 0 atom stereocenters. The molecule has 0 bridgehead atoms. The van der Waals surface area contributed by atoms with E-state index in [9.17, 15) is 0 Å². The van der Waals surface area contributed by atoms with Gasteiger partial charge in [-0.3, -0.25) is 0 Å². The Bertz CT molecular complexity index is 649. The standard InChI is InChI=1S/C33H52Se2/c1-3-5-7-9-11-13-15-23-29-33(34-31-25-19-17-20-26-31,35-32-27-21-18-22-28-32)30-24-16-14-12-10-8-6-4-2/h17-22,25-28H,3-16,23-24,29-30H2,1-2H3. The van der Waals surface area contributed by atoms with Gasteiger partial charge in [0, 0.05) is 0 Å². The summed E-state index contributed by atoms with van der Waals surface area (Å²) in [5.74, 6) is 0. The molecule has 0 aliphatic carbocycles. The van der Waals surface area contributed by atoms with Gasteiger partial charge < -0.3 is 0 Å². The van der Waals surface area contributed by atoms with E-state index in [1.807, 2.05) is 0 Å². The molecule has 0 spiro atoms. The first-order chi connectivity index (χ1) is 17.3. The first kappa shape index (κ1) is 30.7. The van der Waals surface area contributed by atoms with Crippen LogP contribution in [0, 0.1) is 0 Å². The Hall–Kier alpha value is -0.521. The zero-order chi connectivity index (χ0) is 24.9. The number of hydrogen-bond acceptors (Lipinski definition) is 0. The molecular weight excluding hydrogens is 554 g/mol. The quantitative estimate of drug-likeness (QED) is 0.0926. The third-order valence-electron chi connectivity index (χ3n) is 6.92. The first-order valence-corrected chi connectivity index (χ1v) is 18.2. The van der Waals surface area contributed by atoms with Crippen LogP contribution in [0.1, 0.15) is 129 Å². The van der Waals surface area contributed by atoms with Crippen molar-refractivity contribution >= 4 is 38.8 Å². The van der Waals surface area contributed by atoms with Gasteiger partial charge in [-0.15, -0.1) is 0 Å². The van der Waals surface area contributed by atoms with Crippen LogP contribution in [-0.4, -0.2) is 29.9 Å². The number of hydrogen-bond donors (Lipinski definition) is 0. The Morgan fingerprint density at radius 1 is 0.429 bits per heavy atom. The Morgan fingerprint density at radius 2 is 0.743 bits per heavy atom. The van der Waals surface area contributed by atoms with Gasteiger partial charge in [-0.1, -0.05) is 0 Å². The third-order valence-corrected chi connectivity index (χ3v) is 14.1. The molecule has 0 radical (unpaired) electrons. The molecule has 0 aliphatic heterocycles. The van der Waals surface area contributed by atoms with Gasteiger partial charge >= 0.3 is 232 Å². The van der Waals surface area contributed by atoms with Crippen LogP contribution in [0.15, 0.2) is 60.7 Å². The van der Waals surface area contributed by atoms with Gasteiger partial charge in [0.05, 0.1) is 0 Å². The van der Waals surface area contributed by atoms with Crippen LogP contribution in [-0.2, 0) is 0 Å². The summed E-state index contributed by atoms with van der Waals surface area (Å²) in [6.45, 7) is 4.63. The molecule has 0 amide bonds. The molecule has 2 heteroatoms. The van der Waals surface area contributed by atoms with Gasteiger partial charge in [-0.25, -0.2) is 0 Å². The Morgan fingerprint density at radius 3 is 1.09 bits per heavy atom. The van der Waals surface area contributed by atoms with E-state index in [1.165, 1.54) is 116 Å². The Kier molecular flexibility index (Phi) is 18.0. The van der Waals surface area contributed by atoms with Crippen molar-refractivity contribution in [3.05, 3.63) is 60.7 Å². The van der Waals surface area contributed by atoms with E-state index in [-0.39, 0.29) is 0 Å². The summed E-state index contributed by atoms with van der Waals surface area (Å²) < 4.78 is 3.74. The molecule has 2 aromatic carbocycles. The van der Waals surface area contributed by atoms with Gasteiger partial charge in [-0.05, 0) is 0 Å². The van der Waals surface area contributed by atoms with Crippen LogP contribution in [0.4, 0.5) is 0 Å². The summed E-state index contributed by atoms with van der Waals surface area (Å²) in [4.78, 5) is 0. The van der Waals surface area contributed by atoms with Gasteiger partial charge in [0.1, 0.15) is 0 Å². The molecule has 0 nitrogen and oxygen atoms in total. The molecule has 0 heterocycles. The number of rotatable bonds is 22. The van der Waals surface area contributed by atoms with Crippen LogP contribution in [0.25, 0.3) is 0 Å². The fraction of sp³-hybridized carbons (Fsp3) is 0.636. The molecule has 196 valence electrons. The van der Waals surface area contributed by atoms with E-state index in [1.54, 1.807) is 8.92 Å². The molecule has 0 saturated carbocycles. The monoisotopic (exact) mass is 608 g/mol. The SMILES string of the molecule is CCCCCCCCCCC(CCCCCCCCCC)([Se]c1ccccc1)[Se]c1ccccc1. The van der Waals surface area contributed by atoms with E-state index in [4.69, 9.17) is 0 Å². The molecule has 0 saturated heterocycles. The second kappa shape index (κ2) is 20.5. The predicted octanol–water partition coefficient (Wildman–Crippen LogP) is 9.22. The molecule has 0 aliphatic rings. The topological polar surface area (TPSA) is 0 Å². The van der Waals surface area contributed by atoms with Crippen molar-refractivity contribution in [2.45, 2.75) is 133 Å². The van der Waals surface area contributed by atoms with Crippen molar-refractivity contribution in [2.75, 3.05) is 0 Å². The zero-order valence-electron chi connectivity index (χ0n) is 22.8. The maximum atomic E-state index is 2.40. The number of unbranched alkanes of at least 4 members (excludes halogenated alkanes) is 14. The molecule has 0 fully saturated rings. The van der Waals surface area contributed by atoms with Crippen molar-refractivity contribution in [2.24, 2.45) is 0 Å². The average molecular weight is 607 g/mol. The van der Waals surface area contributed by atoms with Gasteiger partial charge in [0.2, 0.25) is 0 Å². The molecular formula is C33H52Se2. The van der Waals surface area contributed by atoms with E-state index in [2.05, 4.69) is 74.5 Å². The van der Waals surface area contributed by atoms with Crippen LogP contribution in [0.3, 0.4) is 0 Å². The molecule has 0 aromatic heterocycles. The third kappa shape index (κ3) is 14.7. The summed E-state index contributed by atoms with van der Waals surface area (Å²) >= 11 is 1.10. The normalized spacial score (nSPS) is 11.7. The first-order valence-electron chi connectivity index (χ1n) is 14.8. The van der Waals surface area contributed by atoms with E-state index in [0.29, 0.717) is 33.1 Å². The maximum absolute atomic E-state index is 2.40. The van der Waals surface area contributed by atoms with Crippen molar-refractivity contribution in [1.82, 2.24) is 0 Å². The summed E-state index contributed by atoms with van der Waals surface area (Å²) in [5.41, 5.74) is 0. The average Bonchev–Trinajstić information content (AvgIpc) is 2.88. The van der Waals surface area contributed by atoms with Gasteiger partial charge in [-0.2, -0.15) is 0 Å². The van der Waals surface area contributed by atoms with E-state index in [0.717, 1.165) is 0 Å². The second-order valence-electron chi connectivity index (χ2n) is 10.2. The molecule has 35 heavy (non-hydrogen) atoms. The van der Waals surface area contributed by atoms with Crippen LogP contribution in [0.5, 0.6) is 0 Å². The van der Waals surface area contributed by atoms with Crippen molar-refractivity contribution in [1.29, 1.82) is 0 Å². The minimum absolute atomic E-state index is 0.521. The van der Waals surface area contributed by atoms with E-state index < -0.39 is 0 Å². The van der Waals surface area contributed by atoms with Crippen molar-refractivity contribution in [3.63, 3.8) is 0 Å². The predicted molar refractivity (Wildman–Crippen MR) is 161 cm³/mol. The van der Waals surface area contributed by atoms with Crippen LogP contribution in [0.2, 0.25) is 3.21 Å².